The smallest absolute Gasteiger partial charge is 0.608 e. The molecule has 0 N–H and O–H groups in total. The van der Waals surface area contributed by atoms with Gasteiger partial charge in [-0.05, 0) is 13.2 Å². The van der Waals surface area contributed by atoms with E-state index in [9.17, 15) is 10.2 Å². The molecule has 0 bridgehead atoms. The first kappa shape index (κ1) is 19.3. The molecule has 0 amide bonds. The van der Waals surface area contributed by atoms with Crippen LogP contribution in [-0.2, 0) is 9.47 Å². The molecular weight excluding hydrogens is 194 g/mol. The molecule has 0 atom stereocenters. The molecule has 0 aliphatic heterocycles. The predicted molar refractivity (Wildman–Crippen MR) is 33.8 cm³/mol. The molecule has 0 rings (SSSR count). The molecule has 0 spiro atoms. The van der Waals surface area contributed by atoms with Crippen LogP contribution < -0.4 is 69.3 Å². The Morgan fingerprint density at radius 1 is 1.00 bits per heavy atom. The molecule has 0 aliphatic rings. The molecule has 0 aromatic rings. The van der Waals surface area contributed by atoms with Crippen molar-refractivity contribution in [1.29, 1.82) is 0 Å². The molecule has 0 aliphatic carbocycles. The zero-order chi connectivity index (χ0) is 8.69. The maximum Gasteiger partial charge on any atom is 1.00 e. The van der Waals surface area contributed by atoms with Gasteiger partial charge in [0.25, 0.3) is 0 Å². The molecule has 0 saturated heterocycles. The van der Waals surface area contributed by atoms with Crippen molar-refractivity contribution in [2.45, 2.75) is 13.8 Å². The van der Waals surface area contributed by atoms with Crippen molar-refractivity contribution in [2.24, 2.45) is 0 Å². The van der Waals surface area contributed by atoms with Crippen molar-refractivity contribution in [3.63, 3.8) is 0 Å². The second-order valence-electron chi connectivity index (χ2n) is 1.57. The summed E-state index contributed by atoms with van der Waals surface area (Å²) in [6.07, 6.45) is 0. The van der Waals surface area contributed by atoms with Gasteiger partial charge in [0.1, 0.15) is 0 Å². The number of hydrogen-bond donors (Lipinski definition) is 0. The largest absolute Gasteiger partial charge is 1.00 e. The molecular formula is C7H10Na2O4. The standard InChI is InChI=1S/C7H12O4.2Na/c1-3-10-6(8)5-7(9)11-4-2;;/h8-9H,3-4H2,1-2H3;;/q;2*+1/p-2. The molecule has 64 valence electrons. The van der Waals surface area contributed by atoms with E-state index in [0.717, 1.165) is 0 Å². The van der Waals surface area contributed by atoms with E-state index in [4.69, 9.17) is 0 Å². The second-order valence-corrected chi connectivity index (χ2v) is 1.57. The van der Waals surface area contributed by atoms with E-state index in [2.05, 4.69) is 9.47 Å². The average Bonchev–Trinajstić information content (AvgIpc) is 1.87. The van der Waals surface area contributed by atoms with Crippen molar-refractivity contribution < 1.29 is 78.8 Å². The average molecular weight is 204 g/mol. The fraction of sp³-hybridized carbons (Fsp3) is 0.571. The van der Waals surface area contributed by atoms with Crippen LogP contribution in [-0.4, -0.2) is 13.2 Å². The van der Waals surface area contributed by atoms with E-state index in [-0.39, 0.29) is 72.3 Å². The summed E-state index contributed by atoms with van der Waals surface area (Å²) in [6, 6.07) is 0. The number of ether oxygens (including phenoxy) is 2. The van der Waals surface area contributed by atoms with Crippen LogP contribution in [0.3, 0.4) is 0 Å². The van der Waals surface area contributed by atoms with E-state index in [1.807, 2.05) is 5.73 Å². The normalized spacial score (nSPS) is 6.92. The molecule has 0 unspecified atom stereocenters. The Morgan fingerprint density at radius 3 is 1.54 bits per heavy atom. The first-order valence-corrected chi connectivity index (χ1v) is 3.31. The molecule has 0 saturated carbocycles. The zero-order valence-corrected chi connectivity index (χ0v) is 12.5. The van der Waals surface area contributed by atoms with Crippen molar-refractivity contribution in [1.82, 2.24) is 0 Å². The first-order valence-electron chi connectivity index (χ1n) is 3.31. The van der Waals surface area contributed by atoms with Crippen molar-refractivity contribution >= 4 is 0 Å². The van der Waals surface area contributed by atoms with E-state index in [1.54, 1.807) is 13.8 Å². The Hall–Kier alpha value is 0.720. The van der Waals surface area contributed by atoms with Gasteiger partial charge in [0.15, 0.2) is 0 Å². The number of hydrogen-bond acceptors (Lipinski definition) is 4. The SMILES string of the molecule is CCOC([O-])=C=C([O-])OCC.[Na+].[Na+]. The molecule has 13 heavy (non-hydrogen) atoms. The van der Waals surface area contributed by atoms with Crippen LogP contribution >= 0.6 is 0 Å². The molecule has 4 nitrogen and oxygen atoms in total. The number of rotatable bonds is 4. The molecule has 0 fully saturated rings. The summed E-state index contributed by atoms with van der Waals surface area (Å²) in [5.41, 5.74) is 1.86. The van der Waals surface area contributed by atoms with Crippen LogP contribution in [0, 0.1) is 0 Å². The summed E-state index contributed by atoms with van der Waals surface area (Å²) in [5.74, 6) is -1.57. The Labute approximate surface area is 122 Å². The second kappa shape index (κ2) is 12.7. The zero-order valence-electron chi connectivity index (χ0n) is 8.55. The quantitative estimate of drug-likeness (QED) is 0.259. The molecule has 0 aromatic carbocycles. The molecule has 0 radical (unpaired) electrons. The summed E-state index contributed by atoms with van der Waals surface area (Å²) in [4.78, 5) is 0. The van der Waals surface area contributed by atoms with Gasteiger partial charge in [-0.15, -0.1) is 0 Å². The van der Waals surface area contributed by atoms with Crippen LogP contribution in [0.1, 0.15) is 13.8 Å². The minimum absolute atomic E-state index is 0. The minimum atomic E-state index is -0.786. The van der Waals surface area contributed by atoms with Crippen LogP contribution in [0.4, 0.5) is 0 Å². The Bertz CT molecular complexity index is 159. The summed E-state index contributed by atoms with van der Waals surface area (Å²) < 4.78 is 8.82. The van der Waals surface area contributed by atoms with Crippen LogP contribution in [0.15, 0.2) is 17.6 Å². The van der Waals surface area contributed by atoms with E-state index in [1.165, 1.54) is 0 Å². The summed E-state index contributed by atoms with van der Waals surface area (Å²) in [5, 5.41) is 21.0. The van der Waals surface area contributed by atoms with Crippen molar-refractivity contribution in [2.75, 3.05) is 13.2 Å². The van der Waals surface area contributed by atoms with Gasteiger partial charge in [0.2, 0.25) is 0 Å². The van der Waals surface area contributed by atoms with Crippen LogP contribution in [0.5, 0.6) is 0 Å². The molecule has 0 aromatic heterocycles. The fourth-order valence-corrected chi connectivity index (χ4v) is 0.418. The van der Waals surface area contributed by atoms with Gasteiger partial charge in [-0.1, -0.05) is 19.6 Å². The Balaban J connectivity index is -0.000000500. The topological polar surface area (TPSA) is 64.6 Å². The van der Waals surface area contributed by atoms with Gasteiger partial charge in [-0.3, -0.25) is 0 Å². The molecule has 0 heterocycles. The van der Waals surface area contributed by atoms with Gasteiger partial charge >= 0.3 is 59.1 Å². The summed E-state index contributed by atoms with van der Waals surface area (Å²) in [6.45, 7) is 3.74. The van der Waals surface area contributed by atoms with Crippen LogP contribution in [0.25, 0.3) is 0 Å². The van der Waals surface area contributed by atoms with Gasteiger partial charge in [-0.25, -0.2) is 0 Å². The maximum atomic E-state index is 10.5. The monoisotopic (exact) mass is 204 g/mol. The third-order valence-corrected chi connectivity index (χ3v) is 0.755. The minimum Gasteiger partial charge on any atom is -0.608 e. The van der Waals surface area contributed by atoms with Gasteiger partial charge in [-0.2, -0.15) is 0 Å². The van der Waals surface area contributed by atoms with E-state index < -0.39 is 11.9 Å². The molecule has 6 heteroatoms. The van der Waals surface area contributed by atoms with Gasteiger partial charge in [0, 0.05) is 0 Å². The van der Waals surface area contributed by atoms with Gasteiger partial charge in [0.05, 0.1) is 11.9 Å². The third kappa shape index (κ3) is 12.7. The van der Waals surface area contributed by atoms with Gasteiger partial charge < -0.3 is 19.7 Å². The summed E-state index contributed by atoms with van der Waals surface area (Å²) in [7, 11) is 0. The van der Waals surface area contributed by atoms with E-state index >= 15 is 0 Å². The summed E-state index contributed by atoms with van der Waals surface area (Å²) >= 11 is 0. The Kier molecular flexibility index (Phi) is 18.9. The van der Waals surface area contributed by atoms with Crippen LogP contribution in [0.2, 0.25) is 0 Å². The maximum absolute atomic E-state index is 10.5. The predicted octanol–water partition coefficient (Wildman–Crippen LogP) is -6.93. The van der Waals surface area contributed by atoms with Crippen molar-refractivity contribution in [3.05, 3.63) is 17.6 Å². The Morgan fingerprint density at radius 2 is 1.31 bits per heavy atom. The third-order valence-electron chi connectivity index (χ3n) is 0.755. The van der Waals surface area contributed by atoms with E-state index in [0.29, 0.717) is 0 Å². The fourth-order valence-electron chi connectivity index (χ4n) is 0.418. The van der Waals surface area contributed by atoms with Crippen molar-refractivity contribution in [3.8, 4) is 0 Å². The first-order chi connectivity index (χ1) is 5.20.